The Morgan fingerprint density at radius 2 is 1.06 bits per heavy atom. The molecule has 5 heteroatoms. The molecule has 0 unspecified atom stereocenters. The number of carbonyl (C=O) groups excluding carboxylic acids is 2. The van der Waals surface area contributed by atoms with Gasteiger partial charge in [-0.25, -0.2) is 9.59 Å². The van der Waals surface area contributed by atoms with Crippen LogP contribution in [0.15, 0.2) is 102 Å². The first-order valence-electron chi connectivity index (χ1n) is 11.3. The summed E-state index contributed by atoms with van der Waals surface area (Å²) >= 11 is 0. The lowest BCUT2D eigenvalue weighted by Gasteiger charge is -2.28. The highest BCUT2D eigenvalue weighted by molar-refractivity contribution is 7.99. The highest BCUT2D eigenvalue weighted by Crippen LogP contribution is 2.62. The SMILES string of the molecule is CCCOC(=O)C=C(C(=O)OCCC)[P+](c1ccccc1)(c1ccccc1)c1ccccc1. The van der Waals surface area contributed by atoms with Crippen LogP contribution in [0.2, 0.25) is 0 Å². The summed E-state index contributed by atoms with van der Waals surface area (Å²) in [5.41, 5.74) is 0. The highest BCUT2D eigenvalue weighted by Gasteiger charge is 2.53. The Labute approximate surface area is 196 Å². The number of carbonyl (C=O) groups is 2. The maximum Gasteiger partial charge on any atom is 0.375 e. The molecule has 0 fully saturated rings. The number of ether oxygens (including phenoxy) is 2. The van der Waals surface area contributed by atoms with E-state index in [1.807, 2.05) is 105 Å². The van der Waals surface area contributed by atoms with Crippen molar-refractivity contribution >= 4 is 35.1 Å². The Kier molecular flexibility index (Phi) is 8.97. The topological polar surface area (TPSA) is 52.6 Å². The molecule has 3 rings (SSSR count). The van der Waals surface area contributed by atoms with Gasteiger partial charge in [0.25, 0.3) is 0 Å². The minimum Gasteiger partial charge on any atom is -0.462 e. The number of benzene rings is 3. The first-order valence-corrected chi connectivity index (χ1v) is 13.1. The Hall–Kier alpha value is -3.23. The summed E-state index contributed by atoms with van der Waals surface area (Å²) in [5, 5.41) is 3.22. The predicted octanol–water partition coefficient (Wildman–Crippen LogP) is 4.77. The van der Waals surface area contributed by atoms with Gasteiger partial charge in [0.2, 0.25) is 5.31 Å². The van der Waals surface area contributed by atoms with Gasteiger partial charge >= 0.3 is 11.9 Å². The second kappa shape index (κ2) is 12.1. The van der Waals surface area contributed by atoms with Gasteiger partial charge in [-0.3, -0.25) is 0 Å². The third kappa shape index (κ3) is 5.58. The van der Waals surface area contributed by atoms with E-state index in [1.165, 1.54) is 6.08 Å². The molecule has 33 heavy (non-hydrogen) atoms. The third-order valence-corrected chi connectivity index (χ3v) is 9.39. The van der Waals surface area contributed by atoms with E-state index in [1.54, 1.807) is 0 Å². The molecule has 0 aliphatic rings. The van der Waals surface area contributed by atoms with E-state index in [2.05, 4.69) is 0 Å². The molecule has 0 saturated carbocycles. The summed E-state index contributed by atoms with van der Waals surface area (Å²) in [4.78, 5) is 26.5. The molecule has 0 aromatic heterocycles. The van der Waals surface area contributed by atoms with Gasteiger partial charge in [-0.15, -0.1) is 0 Å². The average molecular weight is 462 g/mol. The van der Waals surface area contributed by atoms with Crippen molar-refractivity contribution in [3.63, 3.8) is 0 Å². The summed E-state index contributed by atoms with van der Waals surface area (Å²) in [5.74, 6) is -1.03. The van der Waals surface area contributed by atoms with Gasteiger partial charge in [-0.05, 0) is 49.2 Å². The normalized spacial score (nSPS) is 11.6. The van der Waals surface area contributed by atoms with E-state index in [4.69, 9.17) is 9.47 Å². The molecule has 0 amide bonds. The predicted molar refractivity (Wildman–Crippen MR) is 136 cm³/mol. The number of hydrogen-bond acceptors (Lipinski definition) is 4. The monoisotopic (exact) mass is 461 g/mol. The van der Waals surface area contributed by atoms with Crippen LogP contribution in [0.5, 0.6) is 0 Å². The standard InChI is InChI=1S/C28H30O4P/c1-3-20-31-27(29)22-26(28(30)32-21-4-2)33(23-14-8-5-9-15-23,24-16-10-6-11-17-24)25-18-12-7-13-19-25/h5-19,22H,3-4,20-21H2,1-2H3/q+1. The van der Waals surface area contributed by atoms with Gasteiger partial charge in [0, 0.05) is 0 Å². The third-order valence-electron chi connectivity index (χ3n) is 5.14. The Bertz CT molecular complexity index is 966. The van der Waals surface area contributed by atoms with Gasteiger partial charge in [0.15, 0.2) is 7.26 Å². The second-order valence-corrected chi connectivity index (χ2v) is 10.9. The molecule has 0 bridgehead atoms. The second-order valence-electron chi connectivity index (χ2n) is 7.51. The van der Waals surface area contributed by atoms with E-state index in [-0.39, 0.29) is 6.61 Å². The minimum atomic E-state index is -2.76. The first-order chi connectivity index (χ1) is 16.1. The van der Waals surface area contributed by atoms with Crippen LogP contribution in [-0.2, 0) is 19.1 Å². The van der Waals surface area contributed by atoms with Gasteiger partial charge in [0.05, 0.1) is 19.3 Å². The van der Waals surface area contributed by atoms with Crippen molar-refractivity contribution in [3.8, 4) is 0 Å². The van der Waals surface area contributed by atoms with Crippen LogP contribution in [0, 0.1) is 0 Å². The zero-order chi connectivity index (χ0) is 23.5. The largest absolute Gasteiger partial charge is 0.462 e. The van der Waals surface area contributed by atoms with Crippen molar-refractivity contribution in [1.82, 2.24) is 0 Å². The summed E-state index contributed by atoms with van der Waals surface area (Å²) in [6.07, 6.45) is 2.74. The van der Waals surface area contributed by atoms with Crippen LogP contribution in [-0.4, -0.2) is 25.2 Å². The zero-order valence-corrected chi connectivity index (χ0v) is 20.0. The van der Waals surface area contributed by atoms with Crippen molar-refractivity contribution in [2.24, 2.45) is 0 Å². The fourth-order valence-electron chi connectivity index (χ4n) is 3.74. The molecule has 0 radical (unpaired) electrons. The van der Waals surface area contributed by atoms with Crippen molar-refractivity contribution in [2.45, 2.75) is 26.7 Å². The van der Waals surface area contributed by atoms with Gasteiger partial charge in [-0.1, -0.05) is 68.4 Å². The lowest BCUT2D eigenvalue weighted by atomic mass is 10.3. The fraction of sp³-hybridized carbons (Fsp3) is 0.214. The molecule has 0 spiro atoms. The molecule has 3 aromatic rings. The van der Waals surface area contributed by atoms with Crippen molar-refractivity contribution in [1.29, 1.82) is 0 Å². The van der Waals surface area contributed by atoms with Crippen LogP contribution in [0.1, 0.15) is 26.7 Å². The Morgan fingerprint density at radius 1 is 0.667 bits per heavy atom. The Balaban J connectivity index is 2.38. The zero-order valence-electron chi connectivity index (χ0n) is 19.1. The molecule has 4 nitrogen and oxygen atoms in total. The average Bonchev–Trinajstić information content (AvgIpc) is 2.87. The van der Waals surface area contributed by atoms with Crippen LogP contribution >= 0.6 is 7.26 Å². The molecular formula is C28H30O4P+. The van der Waals surface area contributed by atoms with Gasteiger partial charge < -0.3 is 9.47 Å². The maximum atomic E-state index is 13.6. The molecule has 3 aromatic carbocycles. The van der Waals surface area contributed by atoms with E-state index >= 15 is 0 Å². The van der Waals surface area contributed by atoms with Gasteiger partial charge in [0.1, 0.15) is 15.9 Å². The van der Waals surface area contributed by atoms with E-state index < -0.39 is 19.2 Å². The van der Waals surface area contributed by atoms with Crippen LogP contribution in [0.4, 0.5) is 0 Å². The van der Waals surface area contributed by atoms with Crippen LogP contribution in [0.3, 0.4) is 0 Å². The van der Waals surface area contributed by atoms with Crippen LogP contribution < -0.4 is 15.9 Å². The number of rotatable bonds is 10. The molecule has 0 saturated heterocycles. The summed E-state index contributed by atoms with van der Waals surface area (Å²) in [7, 11) is -2.76. The van der Waals surface area contributed by atoms with Crippen molar-refractivity contribution in [3.05, 3.63) is 102 Å². The summed E-state index contributed by atoms with van der Waals surface area (Å²) in [6, 6.07) is 29.7. The highest BCUT2D eigenvalue weighted by atomic mass is 31.2. The van der Waals surface area contributed by atoms with E-state index in [9.17, 15) is 9.59 Å². The molecule has 0 aliphatic carbocycles. The Morgan fingerprint density at radius 3 is 1.45 bits per heavy atom. The smallest absolute Gasteiger partial charge is 0.375 e. The van der Waals surface area contributed by atoms with Gasteiger partial charge in [-0.2, -0.15) is 0 Å². The molecule has 0 aliphatic heterocycles. The quantitative estimate of drug-likeness (QED) is 0.248. The lowest BCUT2D eigenvalue weighted by molar-refractivity contribution is -0.140. The molecule has 0 heterocycles. The summed E-state index contributed by atoms with van der Waals surface area (Å²) < 4.78 is 11.0. The number of hydrogen-bond donors (Lipinski definition) is 0. The molecule has 0 atom stereocenters. The number of esters is 2. The lowest BCUT2D eigenvalue weighted by Crippen LogP contribution is -2.35. The maximum absolute atomic E-state index is 13.6. The van der Waals surface area contributed by atoms with Crippen molar-refractivity contribution in [2.75, 3.05) is 13.2 Å². The van der Waals surface area contributed by atoms with E-state index in [0.29, 0.717) is 24.8 Å². The molecular weight excluding hydrogens is 431 g/mol. The van der Waals surface area contributed by atoms with Crippen LogP contribution in [0.25, 0.3) is 0 Å². The molecule has 170 valence electrons. The molecule has 0 N–H and O–H groups in total. The van der Waals surface area contributed by atoms with Crippen molar-refractivity contribution < 1.29 is 19.1 Å². The first kappa shape index (κ1) is 24.4. The minimum absolute atomic E-state index is 0.276. The van der Waals surface area contributed by atoms with E-state index in [0.717, 1.165) is 15.9 Å². The summed E-state index contributed by atoms with van der Waals surface area (Å²) in [6.45, 7) is 4.45. The fourth-order valence-corrected chi connectivity index (χ4v) is 7.96.